The van der Waals surface area contributed by atoms with E-state index in [0.717, 1.165) is 6.29 Å². The lowest BCUT2D eigenvalue weighted by Gasteiger charge is -2.22. The molecule has 2 fully saturated rings. The highest BCUT2D eigenvalue weighted by molar-refractivity contribution is 5.57. The fourth-order valence-electron chi connectivity index (χ4n) is 2.29. The third-order valence-electron chi connectivity index (χ3n) is 2.95. The van der Waals surface area contributed by atoms with E-state index in [-0.39, 0.29) is 12.0 Å². The Bertz CT molecular complexity index is 322. The van der Waals surface area contributed by atoms with Crippen molar-refractivity contribution >= 4 is 6.29 Å². The van der Waals surface area contributed by atoms with Gasteiger partial charge >= 0.3 is 0 Å². The summed E-state index contributed by atoms with van der Waals surface area (Å²) >= 11 is 0. The number of aldehydes is 1. The van der Waals surface area contributed by atoms with Crippen molar-refractivity contribution in [2.24, 2.45) is 5.92 Å². The number of carbonyl (C=O) groups is 1. The molecule has 2 heterocycles. The van der Waals surface area contributed by atoms with Crippen LogP contribution in [-0.4, -0.2) is 30.6 Å². The van der Waals surface area contributed by atoms with Gasteiger partial charge in [-0.2, -0.15) is 5.26 Å². The van der Waals surface area contributed by atoms with Crippen LogP contribution in [0.5, 0.6) is 0 Å². The van der Waals surface area contributed by atoms with Crippen LogP contribution in [0.2, 0.25) is 0 Å². The van der Waals surface area contributed by atoms with Gasteiger partial charge in [0, 0.05) is 12.3 Å². The molecule has 0 aliphatic carbocycles. The molecular weight excluding hydrogens is 210 g/mol. The molecule has 0 spiro atoms. The van der Waals surface area contributed by atoms with Gasteiger partial charge in [0.05, 0.1) is 6.07 Å². The smallest absolute Gasteiger partial charge is 0.188 e. The number of hydrogen-bond acceptors (Lipinski definition) is 5. The zero-order valence-electron chi connectivity index (χ0n) is 9.38. The minimum Gasteiger partial charge on any atom is -0.341 e. The topological polar surface area (TPSA) is 68.5 Å². The van der Waals surface area contributed by atoms with Gasteiger partial charge in [0.1, 0.15) is 18.5 Å². The van der Waals surface area contributed by atoms with E-state index in [9.17, 15) is 4.79 Å². The van der Waals surface area contributed by atoms with E-state index in [0.29, 0.717) is 12.8 Å². The van der Waals surface area contributed by atoms with Crippen LogP contribution in [0.15, 0.2) is 0 Å². The summed E-state index contributed by atoms with van der Waals surface area (Å²) < 4.78 is 16.7. The van der Waals surface area contributed by atoms with E-state index < -0.39 is 18.2 Å². The lowest BCUT2D eigenvalue weighted by atomic mass is 9.94. The number of fused-ring (bicyclic) bond motifs is 1. The van der Waals surface area contributed by atoms with Crippen molar-refractivity contribution in [2.45, 2.75) is 51.0 Å². The number of nitrogens with zero attached hydrogens (tertiary/aromatic N) is 1. The summed E-state index contributed by atoms with van der Waals surface area (Å²) in [5.74, 6) is -0.752. The molecular formula is C11H15NO4. The van der Waals surface area contributed by atoms with Crippen LogP contribution in [0, 0.1) is 17.2 Å². The van der Waals surface area contributed by atoms with Gasteiger partial charge in [0.25, 0.3) is 0 Å². The summed E-state index contributed by atoms with van der Waals surface area (Å²) in [5.41, 5.74) is 0. The zero-order valence-corrected chi connectivity index (χ0v) is 9.38. The molecule has 0 aromatic heterocycles. The van der Waals surface area contributed by atoms with Crippen LogP contribution in [0.25, 0.3) is 0 Å². The maximum Gasteiger partial charge on any atom is 0.188 e. The molecule has 0 unspecified atom stereocenters. The van der Waals surface area contributed by atoms with Crippen molar-refractivity contribution in [3.8, 4) is 6.07 Å². The summed E-state index contributed by atoms with van der Waals surface area (Å²) in [5, 5.41) is 8.58. The van der Waals surface area contributed by atoms with Crippen molar-refractivity contribution in [1.82, 2.24) is 0 Å². The first kappa shape index (κ1) is 11.5. The highest BCUT2D eigenvalue weighted by Gasteiger charge is 2.54. The highest BCUT2D eigenvalue weighted by atomic mass is 16.8. The van der Waals surface area contributed by atoms with Crippen LogP contribution < -0.4 is 0 Å². The number of rotatable bonds is 3. The summed E-state index contributed by atoms with van der Waals surface area (Å²) in [6.45, 7) is 3.62. The van der Waals surface area contributed by atoms with Gasteiger partial charge in [-0.05, 0) is 20.3 Å². The van der Waals surface area contributed by atoms with Gasteiger partial charge in [-0.1, -0.05) is 0 Å². The van der Waals surface area contributed by atoms with E-state index in [1.54, 1.807) is 0 Å². The Kier molecular flexibility index (Phi) is 2.98. The monoisotopic (exact) mass is 225 g/mol. The van der Waals surface area contributed by atoms with Gasteiger partial charge < -0.3 is 19.0 Å². The first-order valence-electron chi connectivity index (χ1n) is 5.41. The summed E-state index contributed by atoms with van der Waals surface area (Å²) in [4.78, 5) is 10.9. The maximum absolute atomic E-state index is 10.9. The highest BCUT2D eigenvalue weighted by Crippen LogP contribution is 2.41. The largest absolute Gasteiger partial charge is 0.341 e. The molecule has 5 nitrogen and oxygen atoms in total. The first-order chi connectivity index (χ1) is 7.57. The number of nitriles is 1. The molecule has 2 aliphatic rings. The fourth-order valence-corrected chi connectivity index (χ4v) is 2.29. The molecule has 0 aromatic carbocycles. The second-order valence-corrected chi connectivity index (χ2v) is 4.57. The van der Waals surface area contributed by atoms with Crippen LogP contribution in [0.1, 0.15) is 26.7 Å². The van der Waals surface area contributed by atoms with Crippen LogP contribution >= 0.6 is 0 Å². The van der Waals surface area contributed by atoms with Crippen molar-refractivity contribution in [1.29, 1.82) is 5.26 Å². The van der Waals surface area contributed by atoms with Gasteiger partial charge in [-0.15, -0.1) is 0 Å². The molecule has 0 radical (unpaired) electrons. The molecule has 0 amide bonds. The lowest BCUT2D eigenvalue weighted by Crippen LogP contribution is -2.30. The minimum absolute atomic E-state index is 0.0797. The van der Waals surface area contributed by atoms with Crippen LogP contribution in [0.4, 0.5) is 0 Å². The summed E-state index contributed by atoms with van der Waals surface area (Å²) in [7, 11) is 0. The maximum atomic E-state index is 10.9. The van der Waals surface area contributed by atoms with Crippen molar-refractivity contribution in [3.05, 3.63) is 0 Å². The summed E-state index contributed by atoms with van der Waals surface area (Å²) in [6, 6.07) is 2.07. The number of hydrogen-bond donors (Lipinski definition) is 0. The zero-order chi connectivity index (χ0) is 11.8. The minimum atomic E-state index is -0.673. The van der Waals surface area contributed by atoms with Crippen molar-refractivity contribution in [3.63, 3.8) is 0 Å². The Hall–Kier alpha value is -0.960. The Morgan fingerprint density at radius 1 is 1.44 bits per heavy atom. The quantitative estimate of drug-likeness (QED) is 0.670. The van der Waals surface area contributed by atoms with E-state index in [1.165, 1.54) is 0 Å². The summed E-state index contributed by atoms with van der Waals surface area (Å²) in [6.07, 6.45) is 0.526. The SMILES string of the molecule is CC1(C)O[C@H]2O[C@H](C=O)[C@@H](CCC#N)[C@H]2O1. The third-order valence-corrected chi connectivity index (χ3v) is 2.95. The van der Waals surface area contributed by atoms with E-state index in [1.807, 2.05) is 13.8 Å². The lowest BCUT2D eigenvalue weighted by molar-refractivity contribution is -0.208. The predicted octanol–water partition coefficient (Wildman–Crippen LogP) is 0.982. The van der Waals surface area contributed by atoms with Gasteiger partial charge in [-0.25, -0.2) is 0 Å². The molecule has 0 saturated carbocycles. The molecule has 4 atom stereocenters. The van der Waals surface area contributed by atoms with Crippen LogP contribution in [-0.2, 0) is 19.0 Å². The molecule has 0 N–H and O–H groups in total. The Morgan fingerprint density at radius 3 is 2.81 bits per heavy atom. The fraction of sp³-hybridized carbons (Fsp3) is 0.818. The van der Waals surface area contributed by atoms with Crippen molar-refractivity contribution in [2.75, 3.05) is 0 Å². The molecule has 88 valence electrons. The van der Waals surface area contributed by atoms with Gasteiger partial charge in [0.15, 0.2) is 12.1 Å². The average Bonchev–Trinajstić information content (AvgIpc) is 2.67. The second kappa shape index (κ2) is 4.13. The Labute approximate surface area is 94.3 Å². The normalized spacial score (nSPS) is 40.3. The van der Waals surface area contributed by atoms with Crippen molar-refractivity contribution < 1.29 is 19.0 Å². The third kappa shape index (κ3) is 1.96. The number of ether oxygens (including phenoxy) is 3. The van der Waals surface area contributed by atoms with E-state index >= 15 is 0 Å². The Balaban J connectivity index is 2.08. The average molecular weight is 225 g/mol. The molecule has 2 rings (SSSR count). The predicted molar refractivity (Wildman–Crippen MR) is 53.1 cm³/mol. The molecule has 5 heteroatoms. The Morgan fingerprint density at radius 2 is 2.19 bits per heavy atom. The molecule has 2 aliphatic heterocycles. The first-order valence-corrected chi connectivity index (χ1v) is 5.41. The van der Waals surface area contributed by atoms with Gasteiger partial charge in [-0.3, -0.25) is 0 Å². The van der Waals surface area contributed by atoms with E-state index in [4.69, 9.17) is 19.5 Å². The van der Waals surface area contributed by atoms with Gasteiger partial charge in [0.2, 0.25) is 0 Å². The molecule has 0 aromatic rings. The number of carbonyl (C=O) groups excluding carboxylic acids is 1. The molecule has 2 saturated heterocycles. The molecule has 16 heavy (non-hydrogen) atoms. The second-order valence-electron chi connectivity index (χ2n) is 4.57. The molecule has 0 bridgehead atoms. The van der Waals surface area contributed by atoms with E-state index in [2.05, 4.69) is 6.07 Å². The standard InChI is InChI=1S/C11H15NO4/c1-11(2)15-9-7(4-3-5-12)8(6-13)14-10(9)16-11/h6-10H,3-4H2,1-2H3/t7-,8-,9-,10-/m1/s1. The van der Waals surface area contributed by atoms with Crippen LogP contribution in [0.3, 0.4) is 0 Å².